The first-order valence-electron chi connectivity index (χ1n) is 8.58. The van der Waals surface area contributed by atoms with Crippen LogP contribution in [0.5, 0.6) is 0 Å². The van der Waals surface area contributed by atoms with E-state index in [2.05, 4.69) is 15.5 Å². The number of thiophene rings is 1. The van der Waals surface area contributed by atoms with Crippen molar-refractivity contribution >= 4 is 40.0 Å². The average Bonchev–Trinajstić information content (AvgIpc) is 3.27. The largest absolute Gasteiger partial charge is 0.462 e. The third-order valence-corrected chi connectivity index (χ3v) is 6.14. The van der Waals surface area contributed by atoms with Crippen LogP contribution in [0, 0.1) is 6.92 Å². The number of nitrogens with zero attached hydrogens (tertiary/aromatic N) is 2. The summed E-state index contributed by atoms with van der Waals surface area (Å²) in [6, 6.07) is 0. The van der Waals surface area contributed by atoms with E-state index in [0.717, 1.165) is 29.7 Å². The van der Waals surface area contributed by atoms with Gasteiger partial charge in [0.15, 0.2) is 0 Å². The van der Waals surface area contributed by atoms with Crippen molar-refractivity contribution in [2.24, 2.45) is 0 Å². The van der Waals surface area contributed by atoms with Crippen LogP contribution in [-0.4, -0.2) is 34.4 Å². The minimum absolute atomic E-state index is 0.132. The monoisotopic (exact) mass is 395 g/mol. The van der Waals surface area contributed by atoms with Crippen LogP contribution in [0.1, 0.15) is 59.3 Å². The maximum Gasteiger partial charge on any atom is 0.341 e. The van der Waals surface area contributed by atoms with E-state index in [0.29, 0.717) is 34.2 Å². The first kappa shape index (κ1) is 18.9. The molecule has 1 fully saturated rings. The minimum Gasteiger partial charge on any atom is -0.462 e. The summed E-state index contributed by atoms with van der Waals surface area (Å²) in [5.74, 6) is 0.538. The van der Waals surface area contributed by atoms with Gasteiger partial charge in [0.25, 0.3) is 5.22 Å². The van der Waals surface area contributed by atoms with Gasteiger partial charge in [-0.3, -0.25) is 4.79 Å². The van der Waals surface area contributed by atoms with Gasteiger partial charge in [-0.2, -0.15) is 0 Å². The highest BCUT2D eigenvalue weighted by Crippen LogP contribution is 2.40. The first-order chi connectivity index (χ1) is 12.5. The van der Waals surface area contributed by atoms with Crippen molar-refractivity contribution < 1.29 is 18.7 Å². The highest BCUT2D eigenvalue weighted by molar-refractivity contribution is 7.99. The van der Waals surface area contributed by atoms with Crippen LogP contribution in [0.4, 0.5) is 5.00 Å². The van der Waals surface area contributed by atoms with E-state index in [1.807, 2.05) is 13.8 Å². The van der Waals surface area contributed by atoms with Crippen molar-refractivity contribution in [3.8, 4) is 0 Å². The lowest BCUT2D eigenvalue weighted by atomic mass is 10.1. The number of aryl methyl sites for hydroxylation is 1. The summed E-state index contributed by atoms with van der Waals surface area (Å²) in [6.07, 6.45) is 2.96. The van der Waals surface area contributed by atoms with Gasteiger partial charge in [-0.15, -0.1) is 21.5 Å². The smallest absolute Gasteiger partial charge is 0.341 e. The van der Waals surface area contributed by atoms with Crippen molar-refractivity contribution in [3.05, 3.63) is 21.9 Å². The predicted molar refractivity (Wildman–Crippen MR) is 100 cm³/mol. The van der Waals surface area contributed by atoms with E-state index >= 15 is 0 Å². The van der Waals surface area contributed by atoms with E-state index in [4.69, 9.17) is 9.15 Å². The van der Waals surface area contributed by atoms with Crippen LogP contribution in [0.3, 0.4) is 0 Å². The summed E-state index contributed by atoms with van der Waals surface area (Å²) in [7, 11) is 0. The second-order valence-corrected chi connectivity index (χ2v) is 7.98. The molecule has 1 aliphatic rings. The van der Waals surface area contributed by atoms with Crippen molar-refractivity contribution in [1.29, 1.82) is 0 Å². The molecule has 3 rings (SSSR count). The van der Waals surface area contributed by atoms with Gasteiger partial charge in [0.05, 0.1) is 17.9 Å². The van der Waals surface area contributed by atoms with Gasteiger partial charge in [0.2, 0.25) is 11.8 Å². The van der Waals surface area contributed by atoms with E-state index in [1.54, 1.807) is 6.92 Å². The molecule has 2 heterocycles. The normalized spacial score (nSPS) is 13.7. The zero-order valence-electron chi connectivity index (χ0n) is 15.0. The lowest BCUT2D eigenvalue weighted by molar-refractivity contribution is -0.113. The molecule has 9 heteroatoms. The fourth-order valence-electron chi connectivity index (χ4n) is 2.50. The predicted octanol–water partition coefficient (Wildman–Crippen LogP) is 3.79. The zero-order chi connectivity index (χ0) is 18.7. The summed E-state index contributed by atoms with van der Waals surface area (Å²) in [5, 5.41) is 11.7. The number of thioether (sulfide) groups is 1. The number of carbonyl (C=O) groups excluding carboxylic acids is 2. The molecule has 1 aliphatic carbocycles. The van der Waals surface area contributed by atoms with Crippen molar-refractivity contribution in [1.82, 2.24) is 10.2 Å². The van der Waals surface area contributed by atoms with Gasteiger partial charge in [-0.05, 0) is 38.7 Å². The molecule has 140 valence electrons. The Balaban J connectivity index is 1.64. The van der Waals surface area contributed by atoms with Gasteiger partial charge in [-0.1, -0.05) is 18.7 Å². The molecule has 0 radical (unpaired) electrons. The van der Waals surface area contributed by atoms with Crippen LogP contribution in [0.25, 0.3) is 0 Å². The Morgan fingerprint density at radius 2 is 2.12 bits per heavy atom. The van der Waals surface area contributed by atoms with E-state index in [9.17, 15) is 9.59 Å². The minimum atomic E-state index is -0.408. The Labute approximate surface area is 159 Å². The molecule has 0 saturated heterocycles. The number of rotatable bonds is 8. The molecule has 1 saturated carbocycles. The molecule has 0 spiro atoms. The average molecular weight is 396 g/mol. The molecule has 1 N–H and O–H groups in total. The SMILES string of the molecule is CCOC(=O)c1c(NC(=O)CSc2nnc(C3CC3)o2)sc(CC)c1C. The number of aromatic nitrogens is 2. The molecule has 0 unspecified atom stereocenters. The number of hydrogen-bond acceptors (Lipinski definition) is 8. The number of amides is 1. The number of carbonyl (C=O) groups is 2. The second kappa shape index (κ2) is 8.22. The zero-order valence-corrected chi connectivity index (χ0v) is 16.6. The molecule has 0 atom stereocenters. The van der Waals surface area contributed by atoms with Gasteiger partial charge < -0.3 is 14.5 Å². The summed E-state index contributed by atoms with van der Waals surface area (Å²) in [5.41, 5.74) is 1.31. The Morgan fingerprint density at radius 3 is 2.77 bits per heavy atom. The van der Waals surface area contributed by atoms with Crippen molar-refractivity contribution in [3.63, 3.8) is 0 Å². The fraction of sp³-hybridized carbons (Fsp3) is 0.529. The lowest BCUT2D eigenvalue weighted by Crippen LogP contribution is -2.16. The molecule has 1 amide bonds. The molecular weight excluding hydrogens is 374 g/mol. The van der Waals surface area contributed by atoms with Crippen LogP contribution >= 0.6 is 23.1 Å². The molecule has 0 aliphatic heterocycles. The number of nitrogens with one attached hydrogen (secondary N) is 1. The highest BCUT2D eigenvalue weighted by Gasteiger charge is 2.29. The summed E-state index contributed by atoms with van der Waals surface area (Å²) in [6.45, 7) is 5.95. The third kappa shape index (κ3) is 4.27. The third-order valence-electron chi connectivity index (χ3n) is 3.97. The van der Waals surface area contributed by atoms with Crippen LogP contribution in [0.2, 0.25) is 0 Å². The molecule has 26 heavy (non-hydrogen) atoms. The topological polar surface area (TPSA) is 94.3 Å². The summed E-state index contributed by atoms with van der Waals surface area (Å²) >= 11 is 2.60. The van der Waals surface area contributed by atoms with Crippen molar-refractivity contribution in [2.75, 3.05) is 17.7 Å². The second-order valence-electron chi connectivity index (χ2n) is 5.95. The highest BCUT2D eigenvalue weighted by atomic mass is 32.2. The number of esters is 1. The Kier molecular flexibility index (Phi) is 5.98. The summed E-state index contributed by atoms with van der Waals surface area (Å²) in [4.78, 5) is 25.6. The van der Waals surface area contributed by atoms with E-state index in [1.165, 1.54) is 23.1 Å². The molecule has 2 aromatic heterocycles. The van der Waals surface area contributed by atoms with Gasteiger partial charge in [0, 0.05) is 10.8 Å². The summed E-state index contributed by atoms with van der Waals surface area (Å²) < 4.78 is 10.7. The van der Waals surface area contributed by atoms with Gasteiger partial charge >= 0.3 is 5.97 Å². The van der Waals surface area contributed by atoms with E-state index < -0.39 is 5.97 Å². The number of hydrogen-bond donors (Lipinski definition) is 1. The maximum atomic E-state index is 12.3. The maximum absolute atomic E-state index is 12.3. The van der Waals surface area contributed by atoms with Crippen LogP contribution in [-0.2, 0) is 16.0 Å². The van der Waals surface area contributed by atoms with Gasteiger partial charge in [-0.25, -0.2) is 4.79 Å². The molecular formula is C17H21N3O4S2. The number of anilines is 1. The fourth-order valence-corrected chi connectivity index (χ4v) is 4.22. The molecule has 0 bridgehead atoms. The van der Waals surface area contributed by atoms with Crippen molar-refractivity contribution in [2.45, 2.75) is 51.2 Å². The Hall–Kier alpha value is -1.87. The Morgan fingerprint density at radius 1 is 1.35 bits per heavy atom. The quantitative estimate of drug-likeness (QED) is 0.537. The van der Waals surface area contributed by atoms with Crippen LogP contribution in [0.15, 0.2) is 9.64 Å². The standard InChI is InChI=1S/C17H21N3O4S2/c1-4-11-9(3)13(16(22)23-5-2)15(26-11)18-12(21)8-25-17-20-19-14(24-17)10-6-7-10/h10H,4-8H2,1-3H3,(H,18,21). The number of ether oxygens (including phenoxy) is 1. The molecule has 2 aromatic rings. The van der Waals surface area contributed by atoms with E-state index in [-0.39, 0.29) is 11.7 Å². The Bertz CT molecular complexity index is 811. The first-order valence-corrected chi connectivity index (χ1v) is 10.4. The lowest BCUT2D eigenvalue weighted by Gasteiger charge is -2.06. The van der Waals surface area contributed by atoms with Crippen LogP contribution < -0.4 is 5.32 Å². The van der Waals surface area contributed by atoms with Gasteiger partial charge in [0.1, 0.15) is 5.00 Å². The molecule has 0 aromatic carbocycles. The molecule has 7 nitrogen and oxygen atoms in total.